The van der Waals surface area contributed by atoms with Crippen LogP contribution in [0.4, 0.5) is 10.1 Å². The molecule has 1 aromatic rings. The van der Waals surface area contributed by atoms with Crippen LogP contribution in [0, 0.1) is 18.7 Å². The quantitative estimate of drug-likeness (QED) is 0.896. The van der Waals surface area contributed by atoms with Crippen LogP contribution in [0.5, 0.6) is 0 Å². The van der Waals surface area contributed by atoms with E-state index in [2.05, 4.69) is 10.6 Å². The van der Waals surface area contributed by atoms with Gasteiger partial charge in [-0.1, -0.05) is 6.07 Å². The average Bonchev–Trinajstić information content (AvgIpc) is 2.43. The summed E-state index contributed by atoms with van der Waals surface area (Å²) in [5.74, 6) is 0.337. The maximum atomic E-state index is 13.3. The Labute approximate surface area is 125 Å². The number of piperidine rings is 1. The van der Waals surface area contributed by atoms with E-state index in [1.165, 1.54) is 6.07 Å². The molecule has 0 unspecified atom stereocenters. The van der Waals surface area contributed by atoms with E-state index in [-0.39, 0.29) is 24.1 Å². The van der Waals surface area contributed by atoms with E-state index in [1.807, 2.05) is 0 Å². The highest BCUT2D eigenvalue weighted by atomic mass is 35.5. The van der Waals surface area contributed by atoms with Crippen LogP contribution in [-0.2, 0) is 4.79 Å². The van der Waals surface area contributed by atoms with Gasteiger partial charge in [0, 0.05) is 17.7 Å². The number of hydrogen-bond donors (Lipinski definition) is 2. The summed E-state index contributed by atoms with van der Waals surface area (Å²) in [5.41, 5.74) is 1.08. The molecule has 1 aliphatic heterocycles. The first-order valence-corrected chi connectivity index (χ1v) is 6.92. The van der Waals surface area contributed by atoms with E-state index in [1.54, 1.807) is 19.1 Å². The van der Waals surface area contributed by atoms with Crippen molar-refractivity contribution in [3.05, 3.63) is 29.6 Å². The number of carbonyl (C=O) groups is 1. The van der Waals surface area contributed by atoms with Crippen LogP contribution in [0.2, 0.25) is 0 Å². The molecule has 1 aliphatic rings. The molecule has 1 heterocycles. The van der Waals surface area contributed by atoms with Gasteiger partial charge in [0.1, 0.15) is 5.82 Å². The van der Waals surface area contributed by atoms with Crippen LogP contribution in [0.3, 0.4) is 0 Å². The fourth-order valence-corrected chi connectivity index (χ4v) is 2.46. The first-order chi connectivity index (χ1) is 9.16. The SMILES string of the molecule is Cc1c(F)cccc1NC(=O)CCC1CCNCC1.Cl. The number of nitrogens with one attached hydrogen (secondary N) is 2. The second-order valence-corrected chi connectivity index (χ2v) is 5.19. The van der Waals surface area contributed by atoms with Gasteiger partial charge in [0.05, 0.1) is 0 Å². The van der Waals surface area contributed by atoms with Crippen molar-refractivity contribution in [1.82, 2.24) is 5.32 Å². The monoisotopic (exact) mass is 300 g/mol. The minimum atomic E-state index is -0.281. The van der Waals surface area contributed by atoms with E-state index < -0.39 is 0 Å². The molecule has 1 aromatic carbocycles. The number of amides is 1. The number of halogens is 2. The van der Waals surface area contributed by atoms with Gasteiger partial charge in [0.25, 0.3) is 0 Å². The number of benzene rings is 1. The van der Waals surface area contributed by atoms with Crippen molar-refractivity contribution >= 4 is 24.0 Å². The highest BCUT2D eigenvalue weighted by molar-refractivity contribution is 5.91. The molecule has 20 heavy (non-hydrogen) atoms. The Bertz CT molecular complexity index is 447. The second-order valence-electron chi connectivity index (χ2n) is 5.19. The van der Waals surface area contributed by atoms with Crippen molar-refractivity contribution in [2.75, 3.05) is 18.4 Å². The third kappa shape index (κ3) is 4.76. The van der Waals surface area contributed by atoms with E-state index in [4.69, 9.17) is 0 Å². The van der Waals surface area contributed by atoms with E-state index in [0.29, 0.717) is 23.6 Å². The van der Waals surface area contributed by atoms with Crippen LogP contribution in [-0.4, -0.2) is 19.0 Å². The fourth-order valence-electron chi connectivity index (χ4n) is 2.46. The summed E-state index contributed by atoms with van der Waals surface area (Å²) in [7, 11) is 0. The predicted octanol–water partition coefficient (Wildman–Crippen LogP) is 3.27. The number of rotatable bonds is 4. The lowest BCUT2D eigenvalue weighted by atomic mass is 9.93. The van der Waals surface area contributed by atoms with Gasteiger partial charge in [-0.15, -0.1) is 12.4 Å². The molecule has 5 heteroatoms. The smallest absolute Gasteiger partial charge is 0.224 e. The molecular weight excluding hydrogens is 279 g/mol. The van der Waals surface area contributed by atoms with E-state index in [0.717, 1.165) is 32.4 Å². The Morgan fingerprint density at radius 2 is 2.10 bits per heavy atom. The van der Waals surface area contributed by atoms with Gasteiger partial charge < -0.3 is 10.6 Å². The zero-order valence-corrected chi connectivity index (χ0v) is 12.6. The lowest BCUT2D eigenvalue weighted by molar-refractivity contribution is -0.116. The summed E-state index contributed by atoms with van der Waals surface area (Å²) >= 11 is 0. The van der Waals surface area contributed by atoms with Gasteiger partial charge in [-0.2, -0.15) is 0 Å². The Morgan fingerprint density at radius 1 is 1.40 bits per heavy atom. The highest BCUT2D eigenvalue weighted by Crippen LogP contribution is 2.20. The van der Waals surface area contributed by atoms with Crippen molar-refractivity contribution in [2.24, 2.45) is 5.92 Å². The molecule has 0 aromatic heterocycles. The third-order valence-corrected chi connectivity index (χ3v) is 3.78. The molecule has 112 valence electrons. The highest BCUT2D eigenvalue weighted by Gasteiger charge is 2.15. The topological polar surface area (TPSA) is 41.1 Å². The number of anilines is 1. The van der Waals surface area contributed by atoms with Crippen LogP contribution in [0.25, 0.3) is 0 Å². The average molecular weight is 301 g/mol. The molecule has 1 amide bonds. The minimum Gasteiger partial charge on any atom is -0.326 e. The van der Waals surface area contributed by atoms with Crippen molar-refractivity contribution in [2.45, 2.75) is 32.6 Å². The summed E-state index contributed by atoms with van der Waals surface area (Å²) in [5, 5.41) is 6.11. The van der Waals surface area contributed by atoms with Gasteiger partial charge in [-0.25, -0.2) is 4.39 Å². The molecule has 0 bridgehead atoms. The molecule has 0 radical (unpaired) electrons. The van der Waals surface area contributed by atoms with Gasteiger partial charge in [0.15, 0.2) is 0 Å². The maximum Gasteiger partial charge on any atom is 0.224 e. The lowest BCUT2D eigenvalue weighted by Crippen LogP contribution is -2.28. The van der Waals surface area contributed by atoms with Crippen molar-refractivity contribution in [3.63, 3.8) is 0 Å². The second kappa shape index (κ2) is 8.22. The van der Waals surface area contributed by atoms with Crippen molar-refractivity contribution < 1.29 is 9.18 Å². The van der Waals surface area contributed by atoms with Gasteiger partial charge in [-0.05, 0) is 57.3 Å². The Hall–Kier alpha value is -1.13. The molecule has 2 N–H and O–H groups in total. The molecule has 0 spiro atoms. The molecule has 3 nitrogen and oxygen atoms in total. The molecule has 2 rings (SSSR count). The lowest BCUT2D eigenvalue weighted by Gasteiger charge is -2.22. The van der Waals surface area contributed by atoms with Gasteiger partial charge in [0.2, 0.25) is 5.91 Å². The van der Waals surface area contributed by atoms with Crippen LogP contribution in [0.15, 0.2) is 18.2 Å². The van der Waals surface area contributed by atoms with Crippen molar-refractivity contribution in [3.8, 4) is 0 Å². The van der Waals surface area contributed by atoms with E-state index in [9.17, 15) is 9.18 Å². The largest absolute Gasteiger partial charge is 0.326 e. The summed E-state index contributed by atoms with van der Waals surface area (Å²) in [6, 6.07) is 4.76. The summed E-state index contributed by atoms with van der Waals surface area (Å²) in [6.45, 7) is 3.78. The standard InChI is InChI=1S/C15H21FN2O.ClH/c1-11-13(16)3-2-4-14(11)18-15(19)6-5-12-7-9-17-10-8-12;/h2-4,12,17H,5-10H2,1H3,(H,18,19);1H. The first-order valence-electron chi connectivity index (χ1n) is 6.92. The van der Waals surface area contributed by atoms with Crippen LogP contribution < -0.4 is 10.6 Å². The summed E-state index contributed by atoms with van der Waals surface area (Å²) in [6.07, 6.45) is 3.72. The zero-order valence-electron chi connectivity index (χ0n) is 11.7. The maximum absolute atomic E-state index is 13.3. The number of hydrogen-bond acceptors (Lipinski definition) is 2. The van der Waals surface area contributed by atoms with Gasteiger partial charge in [-0.3, -0.25) is 4.79 Å². The summed E-state index contributed by atoms with van der Waals surface area (Å²) in [4.78, 5) is 11.9. The van der Waals surface area contributed by atoms with Crippen LogP contribution in [0.1, 0.15) is 31.2 Å². The Morgan fingerprint density at radius 3 is 2.80 bits per heavy atom. The summed E-state index contributed by atoms with van der Waals surface area (Å²) < 4.78 is 13.3. The van der Waals surface area contributed by atoms with E-state index >= 15 is 0 Å². The minimum absolute atomic E-state index is 0. The Kier molecular flexibility index (Phi) is 6.96. The van der Waals surface area contributed by atoms with Gasteiger partial charge >= 0.3 is 0 Å². The normalized spacial score (nSPS) is 15.5. The Balaban J connectivity index is 0.00000200. The first kappa shape index (κ1) is 16.9. The molecule has 1 fully saturated rings. The molecule has 0 saturated carbocycles. The molecule has 0 aliphatic carbocycles. The fraction of sp³-hybridized carbons (Fsp3) is 0.533. The predicted molar refractivity (Wildman–Crippen MR) is 81.8 cm³/mol. The van der Waals surface area contributed by atoms with Crippen molar-refractivity contribution in [1.29, 1.82) is 0 Å². The zero-order chi connectivity index (χ0) is 13.7. The molecule has 1 saturated heterocycles. The molecular formula is C15H22ClFN2O. The third-order valence-electron chi connectivity index (χ3n) is 3.78. The molecule has 0 atom stereocenters. The number of carbonyl (C=O) groups excluding carboxylic acids is 1. The van der Waals surface area contributed by atoms with Crippen LogP contribution >= 0.6 is 12.4 Å².